The quantitative estimate of drug-likeness (QED) is 0.0792. The van der Waals surface area contributed by atoms with Gasteiger partial charge in [-0.15, -0.1) is 11.0 Å². The van der Waals surface area contributed by atoms with E-state index in [-0.39, 0.29) is 84.2 Å². The average molecular weight is 856 g/mol. The zero-order chi connectivity index (χ0) is 41.7. The summed E-state index contributed by atoms with van der Waals surface area (Å²) in [7, 11) is 0. The van der Waals surface area contributed by atoms with E-state index in [0.29, 0.717) is 22.3 Å². The molecule has 1 radical (unpaired) electrons. The van der Waals surface area contributed by atoms with Crippen LogP contribution < -0.4 is 9.97 Å². The van der Waals surface area contributed by atoms with Crippen molar-refractivity contribution in [2.75, 3.05) is 0 Å². The van der Waals surface area contributed by atoms with E-state index >= 15 is 0 Å². The summed E-state index contributed by atoms with van der Waals surface area (Å²) in [5, 5.41) is 52.5. The van der Waals surface area contributed by atoms with Crippen molar-refractivity contribution in [3.63, 3.8) is 0 Å². The van der Waals surface area contributed by atoms with Gasteiger partial charge in [-0.25, -0.2) is 9.97 Å². The van der Waals surface area contributed by atoms with Crippen LogP contribution in [0.5, 0.6) is 0 Å². The molecule has 0 unspecified atom stereocenters. The Balaban J connectivity index is 0.00000514. The third kappa shape index (κ3) is 6.90. The van der Waals surface area contributed by atoms with Gasteiger partial charge in [0.15, 0.2) is 0 Å². The summed E-state index contributed by atoms with van der Waals surface area (Å²) in [5.41, 5.74) is -1.81. The molecule has 0 saturated heterocycles. The summed E-state index contributed by atoms with van der Waals surface area (Å²) in [5.74, 6) is 0. The van der Waals surface area contributed by atoms with Crippen molar-refractivity contribution >= 4 is 56.0 Å². The van der Waals surface area contributed by atoms with Gasteiger partial charge in [0.2, 0.25) is 0 Å². The molecule has 2 aliphatic rings. The van der Waals surface area contributed by atoms with Crippen LogP contribution in [0.1, 0.15) is 33.9 Å². The van der Waals surface area contributed by atoms with Gasteiger partial charge in [-0.1, -0.05) is 132 Å². The Kier molecular flexibility index (Phi) is 10.2. The molecule has 5 heterocycles. The van der Waals surface area contributed by atoms with Crippen molar-refractivity contribution < 1.29 is 36.8 Å². The van der Waals surface area contributed by atoms with Gasteiger partial charge in [0.1, 0.15) is 11.4 Å². The number of nitro groups is 4. The molecule has 7 aromatic rings. The van der Waals surface area contributed by atoms with Gasteiger partial charge >= 0.3 is 28.5 Å². The number of fused-ring (bicyclic) bond motifs is 8. The molecule has 9 rings (SSSR count). The standard InChI is InChI=1S/C44H24N8O8.Cu/c53-49(54)41-33-22-30-38(26-15-7-2-8-16-26)43(51(57)58)35(47-30)24-32-40(28-19-11-4-12-20-28)44(52(59)60)36(48-32)23-31-39(27-17-9-3-10-18-27)42(50(55)56)34(46-31)21-29(45-33)37(41)25-13-5-1-6-14-25;/h1-24H;/q-2;+2. The average Bonchev–Trinajstić information content (AvgIpc) is 3.99. The van der Waals surface area contributed by atoms with Crippen molar-refractivity contribution in [3.05, 3.63) is 220 Å². The monoisotopic (exact) mass is 855 g/mol. The van der Waals surface area contributed by atoms with E-state index < -0.39 is 42.5 Å². The first-order valence-electron chi connectivity index (χ1n) is 18.1. The fraction of sp³-hybridized carbons (Fsp3) is 0. The summed E-state index contributed by atoms with van der Waals surface area (Å²) in [4.78, 5) is 68.6. The van der Waals surface area contributed by atoms with E-state index in [0.717, 1.165) is 0 Å². The van der Waals surface area contributed by atoms with Crippen molar-refractivity contribution in [1.82, 2.24) is 19.9 Å². The van der Waals surface area contributed by atoms with Gasteiger partial charge in [0.25, 0.3) is 11.4 Å². The predicted molar refractivity (Wildman–Crippen MR) is 222 cm³/mol. The summed E-state index contributed by atoms with van der Waals surface area (Å²) in [6.45, 7) is 0. The fourth-order valence-corrected chi connectivity index (χ4v) is 7.59. The molecule has 8 bridgehead atoms. The molecule has 4 aromatic carbocycles. The van der Waals surface area contributed by atoms with Gasteiger partial charge < -0.3 is 9.97 Å². The number of rotatable bonds is 8. The normalized spacial score (nSPS) is 12.2. The zero-order valence-electron chi connectivity index (χ0n) is 31.0. The van der Waals surface area contributed by atoms with Crippen LogP contribution in [0.3, 0.4) is 0 Å². The molecule has 0 saturated carbocycles. The maximum absolute atomic E-state index is 13.1. The second kappa shape index (κ2) is 15.7. The van der Waals surface area contributed by atoms with Crippen LogP contribution in [0, 0.1) is 40.5 Å². The summed E-state index contributed by atoms with van der Waals surface area (Å²) >= 11 is 0. The first kappa shape index (κ1) is 39.4. The summed E-state index contributed by atoms with van der Waals surface area (Å²) in [6.07, 6.45) is 0. The second-order valence-electron chi connectivity index (χ2n) is 13.5. The van der Waals surface area contributed by atoms with Gasteiger partial charge in [0.05, 0.1) is 42.2 Å². The molecular weight excluding hydrogens is 832 g/mol. The molecule has 17 heteroatoms. The Labute approximate surface area is 353 Å². The number of hydrogen-bond acceptors (Lipinski definition) is 10. The van der Waals surface area contributed by atoms with E-state index in [2.05, 4.69) is 19.9 Å². The van der Waals surface area contributed by atoms with Crippen LogP contribution in [-0.2, 0) is 17.1 Å². The van der Waals surface area contributed by atoms with Crippen LogP contribution in [0.15, 0.2) is 146 Å². The Bertz CT molecular complexity index is 2990. The van der Waals surface area contributed by atoms with Crippen LogP contribution in [0.2, 0.25) is 0 Å². The van der Waals surface area contributed by atoms with Gasteiger partial charge in [-0.05, 0) is 46.5 Å². The molecule has 0 atom stereocenters. The zero-order valence-corrected chi connectivity index (χ0v) is 31.9. The largest absolute Gasteiger partial charge is 2.00 e. The minimum Gasteiger partial charge on any atom is -0.651 e. The van der Waals surface area contributed by atoms with E-state index in [9.17, 15) is 40.5 Å². The SMILES string of the molecule is O=[N+]([O-])C1=C(c2ccccc2)c2cc3[n-]c(cc4nc(cc5[n-]c(cc1n2)c(-c1ccccc1)c5[N+](=O)[O-])C(c1ccccc1)=C4[N+](=O)[O-])c(-c1ccccc1)c3[N+](=O)[O-].[Cu+2]. The molecule has 0 amide bonds. The fourth-order valence-electron chi connectivity index (χ4n) is 7.59. The van der Waals surface area contributed by atoms with E-state index in [1.54, 1.807) is 121 Å². The molecule has 299 valence electrons. The molecule has 0 fully saturated rings. The Morgan fingerprint density at radius 3 is 0.967 bits per heavy atom. The smallest absolute Gasteiger partial charge is 0.651 e. The van der Waals surface area contributed by atoms with Gasteiger partial charge in [0, 0.05) is 11.1 Å². The maximum atomic E-state index is 13.1. The molecule has 0 N–H and O–H groups in total. The minimum absolute atomic E-state index is 0. The van der Waals surface area contributed by atoms with Crippen LogP contribution in [0.4, 0.5) is 11.4 Å². The topological polar surface area (TPSA) is 227 Å². The van der Waals surface area contributed by atoms with Crippen molar-refractivity contribution in [3.8, 4) is 22.3 Å². The second-order valence-corrected chi connectivity index (χ2v) is 13.5. The molecule has 3 aromatic heterocycles. The first-order valence-corrected chi connectivity index (χ1v) is 18.1. The number of nitrogens with zero attached hydrogens (tertiary/aromatic N) is 8. The van der Waals surface area contributed by atoms with Crippen LogP contribution in [-0.4, -0.2) is 29.7 Å². The van der Waals surface area contributed by atoms with Crippen molar-refractivity contribution in [2.45, 2.75) is 0 Å². The maximum Gasteiger partial charge on any atom is 2.00 e. The molecule has 16 nitrogen and oxygen atoms in total. The number of benzene rings is 4. The van der Waals surface area contributed by atoms with Crippen LogP contribution in [0.25, 0.3) is 66.9 Å². The molecular formula is C44H24CuN8O8. The van der Waals surface area contributed by atoms with Crippen molar-refractivity contribution in [2.24, 2.45) is 0 Å². The summed E-state index contributed by atoms with van der Waals surface area (Å²) in [6, 6.07) is 38.1. The van der Waals surface area contributed by atoms with Gasteiger partial charge in [-0.2, -0.15) is 0 Å². The van der Waals surface area contributed by atoms with Crippen molar-refractivity contribution in [1.29, 1.82) is 0 Å². The first-order chi connectivity index (χ1) is 29.1. The Morgan fingerprint density at radius 1 is 0.377 bits per heavy atom. The number of aromatic nitrogens is 4. The van der Waals surface area contributed by atoms with Crippen LogP contribution >= 0.6 is 0 Å². The molecule has 61 heavy (non-hydrogen) atoms. The number of hydrogen-bond donors (Lipinski definition) is 0. The predicted octanol–water partition coefficient (Wildman–Crippen LogP) is 9.11. The molecule has 2 aliphatic heterocycles. The Morgan fingerprint density at radius 2 is 0.672 bits per heavy atom. The van der Waals surface area contributed by atoms with E-state index in [1.165, 1.54) is 24.3 Å². The molecule has 0 spiro atoms. The minimum atomic E-state index is -0.638. The van der Waals surface area contributed by atoms with E-state index in [1.807, 2.05) is 0 Å². The third-order valence-electron chi connectivity index (χ3n) is 9.98. The van der Waals surface area contributed by atoms with E-state index in [4.69, 9.17) is 0 Å². The Hall–Kier alpha value is -8.40. The summed E-state index contributed by atoms with van der Waals surface area (Å²) < 4.78 is 0. The van der Waals surface area contributed by atoms with Gasteiger partial charge in [-0.3, -0.25) is 40.5 Å². The molecule has 0 aliphatic carbocycles. The third-order valence-corrected chi connectivity index (χ3v) is 9.98.